The summed E-state index contributed by atoms with van der Waals surface area (Å²) in [6.07, 6.45) is 2.56. The Kier molecular flexibility index (Phi) is 7.04. The zero-order valence-corrected chi connectivity index (χ0v) is 19.6. The first-order chi connectivity index (χ1) is 15.3. The van der Waals surface area contributed by atoms with Crippen LogP contribution in [0.4, 0.5) is 0 Å². The molecule has 0 aliphatic heterocycles. The smallest absolute Gasteiger partial charge is 0.295 e. The molecule has 0 atom stereocenters. The Bertz CT molecular complexity index is 1290. The molecule has 0 saturated heterocycles. The Morgan fingerprint density at radius 1 is 0.625 bits per heavy atom. The molecule has 0 amide bonds. The van der Waals surface area contributed by atoms with E-state index in [4.69, 9.17) is 4.98 Å². The van der Waals surface area contributed by atoms with E-state index in [1.165, 1.54) is 5.56 Å². The molecule has 3 heteroatoms. The molecule has 0 bridgehead atoms. The maximum Gasteiger partial charge on any atom is 2.00 e. The summed E-state index contributed by atoms with van der Waals surface area (Å²) in [5, 5.41) is 0. The first kappa shape index (κ1) is 21.9. The van der Waals surface area contributed by atoms with Gasteiger partial charge in [0, 0.05) is 6.20 Å². The Morgan fingerprint density at radius 3 is 2.19 bits per heavy atom. The Hall–Kier alpha value is -3.35. The van der Waals surface area contributed by atoms with Crippen molar-refractivity contribution < 1.29 is 21.1 Å². The maximum atomic E-state index is 4.89. The van der Waals surface area contributed by atoms with Crippen molar-refractivity contribution in [1.82, 2.24) is 9.97 Å². The van der Waals surface area contributed by atoms with Gasteiger partial charge < -0.3 is 0 Å². The maximum absolute atomic E-state index is 4.89. The van der Waals surface area contributed by atoms with Crippen molar-refractivity contribution in [1.29, 1.82) is 0 Å². The van der Waals surface area contributed by atoms with Crippen molar-refractivity contribution in [3.05, 3.63) is 133 Å². The quantitative estimate of drug-likeness (QED) is 0.214. The predicted octanol–water partition coefficient (Wildman–Crippen LogP) is 6.67. The van der Waals surface area contributed by atoms with Crippen molar-refractivity contribution in [3.63, 3.8) is 0 Å². The third-order valence-corrected chi connectivity index (χ3v) is 5.14. The van der Waals surface area contributed by atoms with Crippen LogP contribution in [0.3, 0.4) is 0 Å². The summed E-state index contributed by atoms with van der Waals surface area (Å²) in [5.74, 6) is 0. The molecular weight excluding hydrogens is 571 g/mol. The zero-order chi connectivity index (χ0) is 20.9. The summed E-state index contributed by atoms with van der Waals surface area (Å²) in [6, 6.07) is 41.8. The van der Waals surface area contributed by atoms with Gasteiger partial charge in [0.1, 0.15) is 0 Å². The summed E-state index contributed by atoms with van der Waals surface area (Å²) in [7, 11) is 0. The van der Waals surface area contributed by atoms with Crippen LogP contribution in [-0.2, 0) is 27.5 Å². The molecule has 0 fully saturated rings. The standard InChI is InChI=1S/C29H20N2.Pt/c1-3-10-22(11-4-1)18-23-19-25(24-12-5-2-6-13-24)21-26(20-23)27-15-9-16-29(31-27)28-14-7-8-17-30-28;/h1-10,12-17,19,21H,18H2;/q-2;+2. The molecule has 0 aliphatic rings. The van der Waals surface area contributed by atoms with Crippen LogP contribution >= 0.6 is 0 Å². The van der Waals surface area contributed by atoms with Crippen LogP contribution in [0.15, 0.2) is 109 Å². The minimum absolute atomic E-state index is 0. The van der Waals surface area contributed by atoms with E-state index < -0.39 is 0 Å². The van der Waals surface area contributed by atoms with Crippen molar-refractivity contribution in [2.45, 2.75) is 6.42 Å². The van der Waals surface area contributed by atoms with E-state index in [9.17, 15) is 0 Å². The van der Waals surface area contributed by atoms with E-state index >= 15 is 0 Å². The molecule has 156 valence electrons. The van der Waals surface area contributed by atoms with E-state index in [1.807, 2.05) is 60.7 Å². The van der Waals surface area contributed by atoms with Crippen molar-refractivity contribution >= 4 is 0 Å². The molecule has 0 radical (unpaired) electrons. The van der Waals surface area contributed by atoms with Gasteiger partial charge in [-0.05, 0) is 35.9 Å². The van der Waals surface area contributed by atoms with Crippen LogP contribution < -0.4 is 0 Å². The normalized spacial score (nSPS) is 10.4. The van der Waals surface area contributed by atoms with Gasteiger partial charge in [0.2, 0.25) is 0 Å². The molecule has 2 nitrogen and oxygen atoms in total. The number of aromatic nitrogens is 2. The van der Waals surface area contributed by atoms with Crippen LogP contribution in [0.25, 0.3) is 33.8 Å². The number of hydrogen-bond acceptors (Lipinski definition) is 2. The van der Waals surface area contributed by atoms with Gasteiger partial charge in [-0.25, -0.2) is 0 Å². The SMILES string of the molecule is [Pt+2].[c-]1ccccc1Cc1[c-]c(-c2cccc(-c3ccccn3)n2)cc(-c2ccccc2)c1. The summed E-state index contributed by atoms with van der Waals surface area (Å²) >= 11 is 0. The molecule has 3 aromatic carbocycles. The van der Waals surface area contributed by atoms with Crippen LogP contribution in [0, 0.1) is 12.1 Å². The van der Waals surface area contributed by atoms with Gasteiger partial charge >= 0.3 is 21.1 Å². The number of rotatable bonds is 5. The summed E-state index contributed by atoms with van der Waals surface area (Å²) in [4.78, 5) is 9.34. The molecular formula is C29H20N2Pt. The second-order valence-electron chi connectivity index (χ2n) is 7.36. The zero-order valence-electron chi connectivity index (χ0n) is 17.3. The molecule has 0 N–H and O–H groups in total. The number of benzene rings is 3. The molecule has 32 heavy (non-hydrogen) atoms. The fraction of sp³-hybridized carbons (Fsp3) is 0.0345. The predicted molar refractivity (Wildman–Crippen MR) is 125 cm³/mol. The third kappa shape index (κ3) is 5.10. The topological polar surface area (TPSA) is 25.8 Å². The molecule has 2 aromatic heterocycles. The minimum Gasteiger partial charge on any atom is -0.295 e. The van der Waals surface area contributed by atoms with Gasteiger partial charge in [0.15, 0.2) is 0 Å². The number of hydrogen-bond donors (Lipinski definition) is 0. The van der Waals surface area contributed by atoms with Gasteiger partial charge in [-0.2, -0.15) is 35.9 Å². The summed E-state index contributed by atoms with van der Waals surface area (Å²) < 4.78 is 0. The first-order valence-electron chi connectivity index (χ1n) is 10.3. The van der Waals surface area contributed by atoms with E-state index in [0.717, 1.165) is 45.8 Å². The monoisotopic (exact) mass is 591 g/mol. The van der Waals surface area contributed by atoms with Gasteiger partial charge in [0.25, 0.3) is 0 Å². The van der Waals surface area contributed by atoms with Crippen molar-refractivity contribution in [3.8, 4) is 33.8 Å². The summed E-state index contributed by atoms with van der Waals surface area (Å²) in [5.41, 5.74) is 8.18. The minimum atomic E-state index is 0. The molecule has 0 spiro atoms. The fourth-order valence-corrected chi connectivity index (χ4v) is 3.65. The van der Waals surface area contributed by atoms with Crippen molar-refractivity contribution in [2.24, 2.45) is 0 Å². The first-order valence-corrected chi connectivity index (χ1v) is 10.3. The van der Waals surface area contributed by atoms with E-state index in [2.05, 4.69) is 59.6 Å². The molecule has 2 heterocycles. The number of pyridine rings is 2. The molecule has 0 saturated carbocycles. The third-order valence-electron chi connectivity index (χ3n) is 5.14. The average molecular weight is 592 g/mol. The van der Waals surface area contributed by atoms with Gasteiger partial charge in [-0.1, -0.05) is 48.5 Å². The van der Waals surface area contributed by atoms with Crippen LogP contribution in [0.1, 0.15) is 11.1 Å². The molecule has 5 rings (SSSR count). The van der Waals surface area contributed by atoms with Crippen molar-refractivity contribution in [2.75, 3.05) is 0 Å². The Labute approximate surface area is 203 Å². The van der Waals surface area contributed by atoms with E-state index in [-0.39, 0.29) is 21.1 Å². The van der Waals surface area contributed by atoms with Gasteiger partial charge in [-0.3, -0.25) is 9.97 Å². The van der Waals surface area contributed by atoms with Crippen LogP contribution in [-0.4, -0.2) is 9.97 Å². The Morgan fingerprint density at radius 2 is 1.41 bits per heavy atom. The second-order valence-corrected chi connectivity index (χ2v) is 7.36. The average Bonchev–Trinajstić information content (AvgIpc) is 2.86. The largest absolute Gasteiger partial charge is 2.00 e. The van der Waals surface area contributed by atoms with Crippen LogP contribution in [0.2, 0.25) is 0 Å². The second kappa shape index (κ2) is 10.3. The molecule has 5 aromatic rings. The Balaban J connectivity index is 0.00000245. The fourth-order valence-electron chi connectivity index (χ4n) is 3.65. The summed E-state index contributed by atoms with van der Waals surface area (Å²) in [6.45, 7) is 0. The van der Waals surface area contributed by atoms with E-state index in [1.54, 1.807) is 6.20 Å². The molecule has 0 aliphatic carbocycles. The van der Waals surface area contributed by atoms with Crippen LogP contribution in [0.5, 0.6) is 0 Å². The number of nitrogens with zero attached hydrogens (tertiary/aromatic N) is 2. The van der Waals surface area contributed by atoms with Gasteiger partial charge in [-0.15, -0.1) is 34.9 Å². The van der Waals surface area contributed by atoms with E-state index in [0.29, 0.717) is 0 Å². The van der Waals surface area contributed by atoms with Gasteiger partial charge in [0.05, 0.1) is 11.4 Å². The molecule has 0 unspecified atom stereocenters.